The van der Waals surface area contributed by atoms with Crippen molar-refractivity contribution in [1.82, 2.24) is 0 Å². The van der Waals surface area contributed by atoms with Gasteiger partial charge in [0, 0.05) is 5.69 Å². The van der Waals surface area contributed by atoms with Gasteiger partial charge in [-0.2, -0.15) is 11.8 Å². The molecule has 110 valence electrons. The quantitative estimate of drug-likeness (QED) is 0.590. The molecule has 0 aliphatic carbocycles. The number of anilines is 1. The fraction of sp³-hybridized carbons (Fsp3) is 0.467. The Hall–Kier alpha value is -1.49. The van der Waals surface area contributed by atoms with Gasteiger partial charge in [-0.15, -0.1) is 0 Å². The van der Waals surface area contributed by atoms with Crippen LogP contribution in [-0.2, 0) is 9.53 Å². The molecule has 0 aliphatic rings. The maximum absolute atomic E-state index is 11.7. The van der Waals surface area contributed by atoms with E-state index in [0.717, 1.165) is 18.6 Å². The van der Waals surface area contributed by atoms with Gasteiger partial charge < -0.3 is 10.1 Å². The van der Waals surface area contributed by atoms with Gasteiger partial charge in [-0.3, -0.25) is 4.79 Å². The summed E-state index contributed by atoms with van der Waals surface area (Å²) >= 11 is 1.63. The Bertz CT molecular complexity index is 431. The van der Waals surface area contributed by atoms with Gasteiger partial charge in [0.05, 0.1) is 17.9 Å². The number of carbonyl (C=O) groups is 2. The zero-order valence-corrected chi connectivity index (χ0v) is 12.8. The van der Waals surface area contributed by atoms with Gasteiger partial charge in [0.25, 0.3) is 0 Å². The average molecular weight is 295 g/mol. The standard InChI is InChI=1S/C15H21NO3S/c1-3-5-10-20-11-14(17)16-13-8-6-12(7-9-13)15(18)19-4-2/h6-9H,3-5,10-11H2,1-2H3,(H,16,17). The summed E-state index contributed by atoms with van der Waals surface area (Å²) in [6, 6.07) is 6.72. The lowest BCUT2D eigenvalue weighted by molar-refractivity contribution is -0.113. The lowest BCUT2D eigenvalue weighted by atomic mass is 10.2. The second kappa shape index (κ2) is 9.42. The van der Waals surface area contributed by atoms with Gasteiger partial charge in [-0.05, 0) is 43.4 Å². The van der Waals surface area contributed by atoms with Gasteiger partial charge in [0.2, 0.25) is 5.91 Å². The molecule has 1 aromatic rings. The highest BCUT2D eigenvalue weighted by Gasteiger charge is 2.07. The summed E-state index contributed by atoms with van der Waals surface area (Å²) in [5.74, 6) is 1.10. The van der Waals surface area contributed by atoms with Crippen molar-refractivity contribution in [1.29, 1.82) is 0 Å². The van der Waals surface area contributed by atoms with Gasteiger partial charge >= 0.3 is 5.97 Å². The van der Waals surface area contributed by atoms with Gasteiger partial charge in [0.1, 0.15) is 0 Å². The fourth-order valence-electron chi connectivity index (χ4n) is 1.51. The Morgan fingerprint density at radius 3 is 2.50 bits per heavy atom. The largest absolute Gasteiger partial charge is 0.462 e. The van der Waals surface area contributed by atoms with Gasteiger partial charge in [-0.1, -0.05) is 13.3 Å². The fourth-order valence-corrected chi connectivity index (χ4v) is 2.41. The number of unbranched alkanes of at least 4 members (excludes halogenated alkanes) is 1. The van der Waals surface area contributed by atoms with E-state index >= 15 is 0 Å². The number of carbonyl (C=O) groups excluding carboxylic acids is 2. The summed E-state index contributed by atoms with van der Waals surface area (Å²) in [6.45, 7) is 4.25. The van der Waals surface area contributed by atoms with Crippen LogP contribution in [0.3, 0.4) is 0 Å². The van der Waals surface area contributed by atoms with Crippen LogP contribution in [0.4, 0.5) is 5.69 Å². The van der Waals surface area contributed by atoms with Crippen LogP contribution in [0.1, 0.15) is 37.0 Å². The molecule has 1 N–H and O–H groups in total. The number of thioether (sulfide) groups is 1. The highest BCUT2D eigenvalue weighted by Crippen LogP contribution is 2.12. The average Bonchev–Trinajstić information content (AvgIpc) is 2.45. The number of hydrogen-bond acceptors (Lipinski definition) is 4. The number of hydrogen-bond donors (Lipinski definition) is 1. The summed E-state index contributed by atoms with van der Waals surface area (Å²) < 4.78 is 4.90. The SMILES string of the molecule is CCCCSCC(=O)Nc1ccc(C(=O)OCC)cc1. The molecule has 4 nitrogen and oxygen atoms in total. The van der Waals surface area contributed by atoms with Crippen LogP contribution >= 0.6 is 11.8 Å². The van der Waals surface area contributed by atoms with E-state index in [0.29, 0.717) is 23.6 Å². The van der Waals surface area contributed by atoms with Crippen LogP contribution in [0.25, 0.3) is 0 Å². The summed E-state index contributed by atoms with van der Waals surface area (Å²) in [4.78, 5) is 23.1. The van der Waals surface area contributed by atoms with Crippen molar-refractivity contribution in [3.05, 3.63) is 29.8 Å². The van der Waals surface area contributed by atoms with E-state index in [1.54, 1.807) is 43.0 Å². The highest BCUT2D eigenvalue weighted by atomic mass is 32.2. The number of benzene rings is 1. The molecule has 1 rings (SSSR count). The first-order chi connectivity index (χ1) is 9.67. The third-order valence-electron chi connectivity index (χ3n) is 2.56. The molecule has 0 bridgehead atoms. The maximum atomic E-state index is 11.7. The Morgan fingerprint density at radius 2 is 1.90 bits per heavy atom. The third kappa shape index (κ3) is 6.10. The van der Waals surface area contributed by atoms with Crippen LogP contribution in [-0.4, -0.2) is 30.0 Å². The van der Waals surface area contributed by atoms with Crippen molar-refractivity contribution in [3.8, 4) is 0 Å². The zero-order chi connectivity index (χ0) is 14.8. The molecule has 0 unspecified atom stereocenters. The topological polar surface area (TPSA) is 55.4 Å². The maximum Gasteiger partial charge on any atom is 0.338 e. The lowest BCUT2D eigenvalue weighted by Crippen LogP contribution is -2.14. The Morgan fingerprint density at radius 1 is 1.20 bits per heavy atom. The Balaban J connectivity index is 2.41. The van der Waals surface area contributed by atoms with E-state index in [4.69, 9.17) is 4.74 Å². The van der Waals surface area contributed by atoms with Crippen molar-refractivity contribution < 1.29 is 14.3 Å². The number of ether oxygens (including phenoxy) is 1. The van der Waals surface area contributed by atoms with E-state index in [2.05, 4.69) is 12.2 Å². The van der Waals surface area contributed by atoms with Gasteiger partial charge in [0.15, 0.2) is 0 Å². The molecular formula is C15H21NO3S. The Labute approximate surface area is 124 Å². The molecule has 0 heterocycles. The second-order valence-corrected chi connectivity index (χ2v) is 5.36. The first-order valence-electron chi connectivity index (χ1n) is 6.82. The minimum atomic E-state index is -0.347. The van der Waals surface area contributed by atoms with Crippen molar-refractivity contribution in [2.75, 3.05) is 23.4 Å². The molecular weight excluding hydrogens is 274 g/mol. The van der Waals surface area contributed by atoms with Crippen LogP contribution in [0.15, 0.2) is 24.3 Å². The molecule has 0 spiro atoms. The van der Waals surface area contributed by atoms with Crippen LogP contribution in [0.5, 0.6) is 0 Å². The molecule has 1 aromatic carbocycles. The minimum Gasteiger partial charge on any atom is -0.462 e. The molecule has 0 radical (unpaired) electrons. The van der Waals surface area contributed by atoms with Crippen molar-refractivity contribution in [2.24, 2.45) is 0 Å². The van der Waals surface area contributed by atoms with Crippen molar-refractivity contribution in [3.63, 3.8) is 0 Å². The van der Waals surface area contributed by atoms with E-state index in [9.17, 15) is 9.59 Å². The van der Waals surface area contributed by atoms with Gasteiger partial charge in [-0.25, -0.2) is 4.79 Å². The zero-order valence-electron chi connectivity index (χ0n) is 12.0. The van der Waals surface area contributed by atoms with E-state index in [-0.39, 0.29) is 11.9 Å². The summed E-state index contributed by atoms with van der Waals surface area (Å²) in [6.07, 6.45) is 2.27. The van der Waals surface area contributed by atoms with E-state index in [1.807, 2.05) is 0 Å². The number of rotatable bonds is 8. The van der Waals surface area contributed by atoms with Crippen LogP contribution in [0.2, 0.25) is 0 Å². The van der Waals surface area contributed by atoms with E-state index < -0.39 is 0 Å². The molecule has 0 aromatic heterocycles. The Kier molecular flexibility index (Phi) is 7.80. The predicted octanol–water partition coefficient (Wildman–Crippen LogP) is 3.34. The molecule has 0 atom stereocenters. The monoisotopic (exact) mass is 295 g/mol. The third-order valence-corrected chi connectivity index (χ3v) is 3.60. The molecule has 0 fully saturated rings. The normalized spacial score (nSPS) is 10.1. The molecule has 5 heteroatoms. The van der Waals surface area contributed by atoms with Crippen LogP contribution < -0.4 is 5.32 Å². The minimum absolute atomic E-state index is 0.0185. The number of amides is 1. The molecule has 1 amide bonds. The molecule has 0 saturated heterocycles. The number of nitrogens with one attached hydrogen (secondary N) is 1. The molecule has 0 aliphatic heterocycles. The predicted molar refractivity (Wildman–Crippen MR) is 83.3 cm³/mol. The van der Waals surface area contributed by atoms with E-state index in [1.165, 1.54) is 0 Å². The lowest BCUT2D eigenvalue weighted by Gasteiger charge is -2.06. The van der Waals surface area contributed by atoms with Crippen LogP contribution in [0, 0.1) is 0 Å². The summed E-state index contributed by atoms with van der Waals surface area (Å²) in [7, 11) is 0. The van der Waals surface area contributed by atoms with Crippen molar-refractivity contribution >= 4 is 29.3 Å². The summed E-state index contributed by atoms with van der Waals surface area (Å²) in [5.41, 5.74) is 1.18. The summed E-state index contributed by atoms with van der Waals surface area (Å²) in [5, 5.41) is 2.81. The molecule has 0 saturated carbocycles. The second-order valence-electron chi connectivity index (χ2n) is 4.25. The molecule has 20 heavy (non-hydrogen) atoms. The number of esters is 1. The first-order valence-corrected chi connectivity index (χ1v) is 7.97. The highest BCUT2D eigenvalue weighted by molar-refractivity contribution is 7.99. The van der Waals surface area contributed by atoms with Crippen molar-refractivity contribution in [2.45, 2.75) is 26.7 Å². The first kappa shape index (κ1) is 16.6. The smallest absolute Gasteiger partial charge is 0.338 e.